The van der Waals surface area contributed by atoms with E-state index in [1.807, 2.05) is 18.2 Å². The molecular weight excluding hydrogens is 476 g/mol. The topological polar surface area (TPSA) is 101 Å². The molecule has 0 bridgehead atoms. The number of anilines is 4. The number of nitrogens with two attached hydrogens (primary N) is 2. The Bertz CT molecular complexity index is 930. The van der Waals surface area contributed by atoms with Crippen molar-refractivity contribution in [3.05, 3.63) is 44.3 Å². The van der Waals surface area contributed by atoms with Gasteiger partial charge in [-0.2, -0.15) is 0 Å². The van der Waals surface area contributed by atoms with E-state index >= 15 is 0 Å². The van der Waals surface area contributed by atoms with Crippen molar-refractivity contribution in [2.75, 3.05) is 28.7 Å². The summed E-state index contributed by atoms with van der Waals surface area (Å²) >= 11 is 6.73. The summed E-state index contributed by atoms with van der Waals surface area (Å²) in [5.41, 5.74) is 16.9. The van der Waals surface area contributed by atoms with Crippen molar-refractivity contribution >= 4 is 66.4 Å². The first-order valence-electron chi connectivity index (χ1n) is 8.48. The molecule has 0 fully saturated rings. The number of nitrogens with zero attached hydrogens (tertiary/aromatic N) is 1. The van der Waals surface area contributed by atoms with Crippen molar-refractivity contribution in [1.29, 1.82) is 0 Å². The Kier molecular flexibility index (Phi) is 5.76. The number of benzene rings is 2. The number of aryl methyl sites for hydroxylation is 2. The van der Waals surface area contributed by atoms with Crippen LogP contribution in [0.25, 0.3) is 0 Å². The van der Waals surface area contributed by atoms with Gasteiger partial charge >= 0.3 is 0 Å². The molecule has 2 aromatic rings. The van der Waals surface area contributed by atoms with Gasteiger partial charge in [-0.3, -0.25) is 9.59 Å². The summed E-state index contributed by atoms with van der Waals surface area (Å²) in [5.74, 6) is 0.216. The van der Waals surface area contributed by atoms with Gasteiger partial charge in [0.1, 0.15) is 0 Å². The average molecular weight is 496 g/mol. The van der Waals surface area contributed by atoms with Gasteiger partial charge in [-0.1, -0.05) is 0 Å². The summed E-state index contributed by atoms with van der Waals surface area (Å²) in [6.45, 7) is 0. The third-order valence-electron chi connectivity index (χ3n) is 4.66. The molecule has 0 saturated carbocycles. The average Bonchev–Trinajstić information content (AvgIpc) is 2.62. The monoisotopic (exact) mass is 494 g/mol. The Morgan fingerprint density at radius 3 is 2.19 bits per heavy atom. The molecule has 27 heavy (non-hydrogen) atoms. The van der Waals surface area contributed by atoms with E-state index in [0.29, 0.717) is 24.2 Å². The van der Waals surface area contributed by atoms with Gasteiger partial charge in [0.05, 0.1) is 0 Å². The summed E-state index contributed by atoms with van der Waals surface area (Å²) in [5, 5.41) is 2.79. The number of hydrogen-bond donors (Lipinski definition) is 3. The van der Waals surface area contributed by atoms with Crippen molar-refractivity contribution in [2.24, 2.45) is 0 Å². The third kappa shape index (κ3) is 4.27. The van der Waals surface area contributed by atoms with Crippen molar-refractivity contribution in [3.63, 3.8) is 0 Å². The molecule has 0 spiro atoms. The maximum Gasteiger partial charge on any atom is 0.227 e. The Morgan fingerprint density at radius 2 is 1.48 bits per heavy atom. The fourth-order valence-electron chi connectivity index (χ4n) is 3.09. The standard InChI is InChI=1S/C10H11BrN2O.C9H9BrN2O/c1-13-9-5-8(12)7(11)4-6(9)2-3-10(13)14;10-6-3-5-1-2-9(13)12-8(5)4-7(6)11/h4-5H,2-3,12H2,1H3;3-4H,1-2,11H2,(H,12,13). The Balaban J connectivity index is 0.000000156. The van der Waals surface area contributed by atoms with Crippen LogP contribution < -0.4 is 21.7 Å². The molecule has 2 aliphatic rings. The number of rotatable bonds is 0. The van der Waals surface area contributed by atoms with Crippen LogP contribution in [-0.4, -0.2) is 18.9 Å². The maximum atomic E-state index is 11.4. The zero-order chi connectivity index (χ0) is 19.7. The first-order valence-corrected chi connectivity index (χ1v) is 10.1. The lowest BCUT2D eigenvalue weighted by Gasteiger charge is -2.26. The second kappa shape index (κ2) is 7.90. The summed E-state index contributed by atoms with van der Waals surface area (Å²) in [6.07, 6.45) is 2.74. The molecule has 142 valence electrons. The molecule has 2 aromatic carbocycles. The highest BCUT2D eigenvalue weighted by atomic mass is 79.9. The minimum Gasteiger partial charge on any atom is -0.398 e. The van der Waals surface area contributed by atoms with Gasteiger partial charge in [-0.05, 0) is 80.1 Å². The highest BCUT2D eigenvalue weighted by Crippen LogP contribution is 2.33. The molecule has 0 radical (unpaired) electrons. The zero-order valence-electron chi connectivity index (χ0n) is 14.8. The van der Waals surface area contributed by atoms with Gasteiger partial charge in [0.15, 0.2) is 0 Å². The number of nitrogens with one attached hydrogen (secondary N) is 1. The van der Waals surface area contributed by atoms with Crippen LogP contribution in [0, 0.1) is 0 Å². The van der Waals surface area contributed by atoms with E-state index in [0.717, 1.165) is 38.7 Å². The first-order chi connectivity index (χ1) is 12.8. The zero-order valence-corrected chi connectivity index (χ0v) is 18.0. The number of hydrogen-bond acceptors (Lipinski definition) is 4. The predicted octanol–water partition coefficient (Wildman–Crippen LogP) is 3.86. The van der Waals surface area contributed by atoms with Crippen molar-refractivity contribution < 1.29 is 9.59 Å². The molecular formula is C19H20Br2N4O2. The first kappa shape index (κ1) is 19.7. The van der Waals surface area contributed by atoms with E-state index in [2.05, 4.69) is 37.2 Å². The number of halogens is 2. The minimum atomic E-state index is 0.0641. The normalized spacial score (nSPS) is 15.3. The predicted molar refractivity (Wildman–Crippen MR) is 116 cm³/mol. The molecule has 6 nitrogen and oxygen atoms in total. The smallest absolute Gasteiger partial charge is 0.227 e. The van der Waals surface area contributed by atoms with Crippen LogP contribution >= 0.6 is 31.9 Å². The second-order valence-corrected chi connectivity index (χ2v) is 8.24. The van der Waals surface area contributed by atoms with Crippen LogP contribution in [0.15, 0.2) is 33.2 Å². The van der Waals surface area contributed by atoms with Crippen molar-refractivity contribution in [3.8, 4) is 0 Å². The van der Waals surface area contributed by atoms with Crippen LogP contribution in [0.4, 0.5) is 22.7 Å². The fraction of sp³-hybridized carbons (Fsp3) is 0.263. The lowest BCUT2D eigenvalue weighted by atomic mass is 10.0. The molecule has 4 rings (SSSR count). The Labute approximate surface area is 174 Å². The molecule has 8 heteroatoms. The molecule has 0 aromatic heterocycles. The lowest BCUT2D eigenvalue weighted by Crippen LogP contribution is -2.31. The van der Waals surface area contributed by atoms with E-state index in [1.54, 1.807) is 18.0 Å². The molecule has 0 saturated heterocycles. The molecule has 0 atom stereocenters. The van der Waals surface area contributed by atoms with Crippen LogP contribution in [0.5, 0.6) is 0 Å². The van der Waals surface area contributed by atoms with Crippen LogP contribution in [-0.2, 0) is 22.4 Å². The van der Waals surface area contributed by atoms with Gasteiger partial charge < -0.3 is 21.7 Å². The summed E-state index contributed by atoms with van der Waals surface area (Å²) in [7, 11) is 1.79. The van der Waals surface area contributed by atoms with Crippen molar-refractivity contribution in [2.45, 2.75) is 25.7 Å². The minimum absolute atomic E-state index is 0.0641. The fourth-order valence-corrected chi connectivity index (χ4v) is 3.87. The van der Waals surface area contributed by atoms with Gasteiger partial charge in [0, 0.05) is 51.6 Å². The summed E-state index contributed by atoms with van der Waals surface area (Å²) < 4.78 is 1.79. The van der Waals surface area contributed by atoms with Gasteiger partial charge in [0.25, 0.3) is 0 Å². The number of carbonyl (C=O) groups is 2. The number of carbonyl (C=O) groups excluding carboxylic acids is 2. The molecule has 0 aliphatic carbocycles. The van der Waals surface area contributed by atoms with Gasteiger partial charge in [-0.25, -0.2) is 0 Å². The second-order valence-electron chi connectivity index (χ2n) is 6.53. The maximum absolute atomic E-state index is 11.4. The molecule has 2 aliphatic heterocycles. The van der Waals surface area contributed by atoms with Crippen LogP contribution in [0.1, 0.15) is 24.0 Å². The SMILES string of the molecule is CN1C(=O)CCc2cc(Br)c(N)cc21.Nc1cc2c(cc1Br)CCC(=O)N2. The van der Waals surface area contributed by atoms with Crippen molar-refractivity contribution in [1.82, 2.24) is 0 Å². The van der Waals surface area contributed by atoms with E-state index in [4.69, 9.17) is 11.5 Å². The molecule has 0 unspecified atom stereocenters. The van der Waals surface area contributed by atoms with Gasteiger partial charge in [-0.15, -0.1) is 0 Å². The van der Waals surface area contributed by atoms with Crippen LogP contribution in [0.2, 0.25) is 0 Å². The number of fused-ring (bicyclic) bond motifs is 2. The Hall–Kier alpha value is -2.06. The van der Waals surface area contributed by atoms with E-state index in [9.17, 15) is 9.59 Å². The highest BCUT2D eigenvalue weighted by Gasteiger charge is 2.21. The Morgan fingerprint density at radius 1 is 0.889 bits per heavy atom. The molecule has 5 N–H and O–H groups in total. The largest absolute Gasteiger partial charge is 0.398 e. The van der Waals surface area contributed by atoms with E-state index in [1.165, 1.54) is 5.56 Å². The number of amides is 2. The van der Waals surface area contributed by atoms with Gasteiger partial charge in [0.2, 0.25) is 11.8 Å². The van der Waals surface area contributed by atoms with E-state index in [-0.39, 0.29) is 11.8 Å². The van der Waals surface area contributed by atoms with Crippen LogP contribution in [0.3, 0.4) is 0 Å². The summed E-state index contributed by atoms with van der Waals surface area (Å²) in [6, 6.07) is 7.59. The van der Waals surface area contributed by atoms with E-state index < -0.39 is 0 Å². The third-order valence-corrected chi connectivity index (χ3v) is 6.03. The molecule has 2 heterocycles. The quantitative estimate of drug-likeness (QED) is 0.483. The lowest BCUT2D eigenvalue weighted by molar-refractivity contribution is -0.118. The highest BCUT2D eigenvalue weighted by molar-refractivity contribution is 9.11. The molecule has 2 amide bonds. The summed E-state index contributed by atoms with van der Waals surface area (Å²) in [4.78, 5) is 24.2. The number of nitrogen functional groups attached to an aromatic ring is 2.